The summed E-state index contributed by atoms with van der Waals surface area (Å²) in [6.07, 6.45) is 6.49. The Morgan fingerprint density at radius 1 is 1.70 bits per heavy atom. The van der Waals surface area contributed by atoms with Crippen LogP contribution in [0.5, 0.6) is 0 Å². The quantitative estimate of drug-likeness (QED) is 0.491. The number of aliphatic imine (C=N–C) groups is 1. The summed E-state index contributed by atoms with van der Waals surface area (Å²) in [5.74, 6) is 0. The van der Waals surface area contributed by atoms with E-state index in [4.69, 9.17) is 0 Å². The molecule has 1 saturated heterocycles. The molecule has 0 amide bonds. The molecule has 2 aliphatic heterocycles. The fourth-order valence-corrected chi connectivity index (χ4v) is 1.65. The van der Waals surface area contributed by atoms with E-state index in [-0.39, 0.29) is 0 Å². The highest BCUT2D eigenvalue weighted by Crippen LogP contribution is 2.27. The molecule has 1 atom stereocenters. The number of fused-ring (bicyclic) bond motifs is 1. The van der Waals surface area contributed by atoms with Crippen molar-refractivity contribution in [1.29, 1.82) is 0 Å². The van der Waals surface area contributed by atoms with Crippen molar-refractivity contribution in [2.75, 3.05) is 6.54 Å². The van der Waals surface area contributed by atoms with Crippen LogP contribution in [-0.4, -0.2) is 23.7 Å². The van der Waals surface area contributed by atoms with Gasteiger partial charge in [-0.2, -0.15) is 0 Å². The summed E-state index contributed by atoms with van der Waals surface area (Å²) in [7, 11) is 0. The number of rotatable bonds is 0. The molecule has 0 saturated carbocycles. The second kappa shape index (κ2) is 2.11. The zero-order chi connectivity index (χ0) is 6.97. The second-order valence-electron chi connectivity index (χ2n) is 2.99. The van der Waals surface area contributed by atoms with E-state index >= 15 is 0 Å². The summed E-state index contributed by atoms with van der Waals surface area (Å²) in [4.78, 5) is 6.55. The van der Waals surface area contributed by atoms with Crippen LogP contribution in [-0.2, 0) is 0 Å². The lowest BCUT2D eigenvalue weighted by atomic mass is 10.2. The van der Waals surface area contributed by atoms with Gasteiger partial charge in [-0.3, -0.25) is 4.99 Å². The van der Waals surface area contributed by atoms with E-state index in [9.17, 15) is 0 Å². The molecule has 0 aromatic rings. The summed E-state index contributed by atoms with van der Waals surface area (Å²) >= 11 is 0. The Morgan fingerprint density at radius 3 is 3.40 bits per heavy atom. The second-order valence-corrected chi connectivity index (χ2v) is 2.99. The van der Waals surface area contributed by atoms with Crippen LogP contribution in [0.15, 0.2) is 16.9 Å². The Balaban J connectivity index is 2.23. The van der Waals surface area contributed by atoms with E-state index < -0.39 is 0 Å². The summed E-state index contributed by atoms with van der Waals surface area (Å²) < 4.78 is 0. The van der Waals surface area contributed by atoms with Gasteiger partial charge in [-0.05, 0) is 19.8 Å². The van der Waals surface area contributed by atoms with Crippen LogP contribution in [0.4, 0.5) is 0 Å². The van der Waals surface area contributed by atoms with Gasteiger partial charge < -0.3 is 4.90 Å². The lowest BCUT2D eigenvalue weighted by Crippen LogP contribution is -2.28. The molecular formula is C8H12N2. The molecule has 2 rings (SSSR count). The molecular weight excluding hydrogens is 124 g/mol. The van der Waals surface area contributed by atoms with Gasteiger partial charge in [0.25, 0.3) is 0 Å². The van der Waals surface area contributed by atoms with E-state index in [0.717, 1.165) is 12.6 Å². The maximum atomic E-state index is 4.13. The predicted molar refractivity (Wildman–Crippen MR) is 42.0 cm³/mol. The molecule has 0 spiro atoms. The first-order valence-electron chi connectivity index (χ1n) is 3.85. The average Bonchev–Trinajstić information content (AvgIpc) is 2.34. The van der Waals surface area contributed by atoms with Gasteiger partial charge in [-0.15, -0.1) is 0 Å². The number of allylic oxidation sites excluding steroid dienone is 1. The molecule has 2 aliphatic rings. The highest BCUT2D eigenvalue weighted by Gasteiger charge is 2.24. The van der Waals surface area contributed by atoms with Crippen LogP contribution in [0.2, 0.25) is 0 Å². The molecule has 2 heteroatoms. The van der Waals surface area contributed by atoms with E-state index in [0.29, 0.717) is 0 Å². The minimum atomic E-state index is 0.734. The number of hydrogen-bond acceptors (Lipinski definition) is 2. The monoisotopic (exact) mass is 136 g/mol. The number of nitrogens with zero attached hydrogens (tertiary/aromatic N) is 2. The van der Waals surface area contributed by atoms with Gasteiger partial charge in [0.2, 0.25) is 0 Å². The molecule has 54 valence electrons. The summed E-state index contributed by atoms with van der Waals surface area (Å²) in [5.41, 5.74) is 1.43. The molecule has 0 bridgehead atoms. The van der Waals surface area contributed by atoms with Gasteiger partial charge in [0.05, 0.1) is 6.54 Å². The molecule has 0 radical (unpaired) electrons. The summed E-state index contributed by atoms with van der Waals surface area (Å²) in [5, 5.41) is 0. The number of hydrogen-bond donors (Lipinski definition) is 0. The zero-order valence-electron chi connectivity index (χ0n) is 6.25. The zero-order valence-corrected chi connectivity index (χ0v) is 6.25. The van der Waals surface area contributed by atoms with Crippen LogP contribution in [0.1, 0.15) is 19.8 Å². The van der Waals surface area contributed by atoms with Gasteiger partial charge in [-0.1, -0.05) is 0 Å². The molecule has 1 fully saturated rings. The third-order valence-corrected chi connectivity index (χ3v) is 2.33. The Hall–Kier alpha value is -0.790. The van der Waals surface area contributed by atoms with Gasteiger partial charge in [0.15, 0.2) is 0 Å². The van der Waals surface area contributed by atoms with Crippen molar-refractivity contribution in [3.63, 3.8) is 0 Å². The SMILES string of the molecule is C[C@H]1CCC2=CN=CCN21. The molecule has 0 aromatic carbocycles. The summed E-state index contributed by atoms with van der Waals surface area (Å²) in [6.45, 7) is 3.30. The minimum absolute atomic E-state index is 0.734. The maximum Gasteiger partial charge on any atom is 0.0532 e. The fraction of sp³-hybridized carbons (Fsp3) is 0.625. The fourth-order valence-electron chi connectivity index (χ4n) is 1.65. The van der Waals surface area contributed by atoms with Crippen molar-refractivity contribution in [3.05, 3.63) is 11.9 Å². The predicted octanol–water partition coefficient (Wildman–Crippen LogP) is 1.40. The topological polar surface area (TPSA) is 15.6 Å². The van der Waals surface area contributed by atoms with Crippen molar-refractivity contribution in [2.45, 2.75) is 25.8 Å². The molecule has 2 heterocycles. The first-order valence-corrected chi connectivity index (χ1v) is 3.85. The molecule has 0 aliphatic carbocycles. The highest BCUT2D eigenvalue weighted by atomic mass is 15.2. The Bertz CT molecular complexity index is 193. The van der Waals surface area contributed by atoms with Crippen LogP contribution < -0.4 is 0 Å². The Labute approximate surface area is 61.2 Å². The summed E-state index contributed by atoms with van der Waals surface area (Å²) in [6, 6.07) is 0.734. The van der Waals surface area contributed by atoms with Gasteiger partial charge >= 0.3 is 0 Å². The van der Waals surface area contributed by atoms with Crippen molar-refractivity contribution in [3.8, 4) is 0 Å². The third kappa shape index (κ3) is 0.753. The van der Waals surface area contributed by atoms with Crippen LogP contribution in [0.3, 0.4) is 0 Å². The van der Waals surface area contributed by atoms with Gasteiger partial charge in [0, 0.05) is 24.2 Å². The van der Waals surface area contributed by atoms with E-state index in [1.807, 2.05) is 12.4 Å². The Morgan fingerprint density at radius 2 is 2.60 bits per heavy atom. The van der Waals surface area contributed by atoms with Crippen molar-refractivity contribution < 1.29 is 0 Å². The molecule has 10 heavy (non-hydrogen) atoms. The first kappa shape index (κ1) is 5.96. The van der Waals surface area contributed by atoms with Gasteiger partial charge in [0.1, 0.15) is 0 Å². The van der Waals surface area contributed by atoms with Crippen molar-refractivity contribution >= 4 is 6.21 Å². The normalized spacial score (nSPS) is 30.3. The van der Waals surface area contributed by atoms with Crippen molar-refractivity contribution in [1.82, 2.24) is 4.90 Å². The third-order valence-electron chi connectivity index (χ3n) is 2.33. The molecule has 0 N–H and O–H groups in total. The van der Waals surface area contributed by atoms with E-state index in [1.165, 1.54) is 18.5 Å². The molecule has 0 aromatic heterocycles. The highest BCUT2D eigenvalue weighted by molar-refractivity contribution is 5.62. The first-order chi connectivity index (χ1) is 4.88. The van der Waals surface area contributed by atoms with Crippen LogP contribution in [0.25, 0.3) is 0 Å². The minimum Gasteiger partial charge on any atom is -0.366 e. The van der Waals surface area contributed by atoms with Gasteiger partial charge in [-0.25, -0.2) is 0 Å². The maximum absolute atomic E-state index is 4.13. The molecule has 0 unspecified atom stereocenters. The van der Waals surface area contributed by atoms with E-state index in [2.05, 4.69) is 16.8 Å². The van der Waals surface area contributed by atoms with Crippen LogP contribution in [0, 0.1) is 0 Å². The van der Waals surface area contributed by atoms with Crippen LogP contribution >= 0.6 is 0 Å². The van der Waals surface area contributed by atoms with Crippen molar-refractivity contribution in [2.24, 2.45) is 4.99 Å². The lowest BCUT2D eigenvalue weighted by Gasteiger charge is -2.24. The largest absolute Gasteiger partial charge is 0.366 e. The van der Waals surface area contributed by atoms with E-state index in [1.54, 1.807) is 0 Å². The smallest absolute Gasteiger partial charge is 0.0532 e. The standard InChI is InChI=1S/C8H12N2/c1-7-2-3-8-6-9-4-5-10(7)8/h4,6-7H,2-3,5H2,1H3/t7-/m0/s1. The Kier molecular flexibility index (Phi) is 1.26. The average molecular weight is 136 g/mol. The molecule has 2 nitrogen and oxygen atoms in total. The lowest BCUT2D eigenvalue weighted by molar-refractivity contribution is 0.350.